The van der Waals surface area contributed by atoms with Gasteiger partial charge in [0.15, 0.2) is 9.84 Å². The zero-order valence-corrected chi connectivity index (χ0v) is 17.3. The van der Waals surface area contributed by atoms with Crippen molar-refractivity contribution in [2.24, 2.45) is 5.92 Å². The molecular weight excluding hydrogens is 408 g/mol. The Morgan fingerprint density at radius 2 is 2.22 bits per heavy atom. The van der Waals surface area contributed by atoms with Crippen LogP contribution in [0.4, 0.5) is 0 Å². The van der Waals surface area contributed by atoms with Gasteiger partial charge in [-0.2, -0.15) is 0 Å². The van der Waals surface area contributed by atoms with Crippen molar-refractivity contribution in [3.05, 3.63) is 29.1 Å². The summed E-state index contributed by atoms with van der Waals surface area (Å²) in [5.74, 6) is -0.417. The maximum atomic E-state index is 12.9. The Labute approximate surface area is 167 Å². The number of carbonyl (C=O) groups is 2. The lowest BCUT2D eigenvalue weighted by Crippen LogP contribution is -2.53. The molecule has 3 heterocycles. The maximum absolute atomic E-state index is 12.9. The minimum absolute atomic E-state index is 0.0667. The van der Waals surface area contributed by atoms with E-state index in [4.69, 9.17) is 16.6 Å². The van der Waals surface area contributed by atoms with Crippen LogP contribution in [-0.2, 0) is 19.4 Å². The van der Waals surface area contributed by atoms with Crippen LogP contribution < -0.4 is 5.32 Å². The standard InChI is InChI=1S/C17H20N2O5S3/c1-10(2)14(15(20)18-11-5-7-27(22,23)9-11)19-16(21)13(26-17(19)25)8-12-4-3-6-24-12/h3-4,6,8,10-11,14H,5,7,9H2,1-2H3,(H,18,20)/b13-8-/t11-,14-/m1/s1. The van der Waals surface area contributed by atoms with Gasteiger partial charge in [-0.05, 0) is 24.5 Å². The van der Waals surface area contributed by atoms with E-state index in [-0.39, 0.29) is 29.2 Å². The third kappa shape index (κ3) is 4.44. The number of nitrogens with zero attached hydrogens (tertiary/aromatic N) is 1. The molecule has 1 aromatic heterocycles. The number of carbonyl (C=O) groups excluding carboxylic acids is 2. The normalized spacial score (nSPS) is 24.8. The molecule has 0 aliphatic carbocycles. The van der Waals surface area contributed by atoms with Gasteiger partial charge in [0.05, 0.1) is 22.7 Å². The Bertz CT molecular complexity index is 890. The fourth-order valence-electron chi connectivity index (χ4n) is 3.14. The predicted octanol–water partition coefficient (Wildman–Crippen LogP) is 1.81. The summed E-state index contributed by atoms with van der Waals surface area (Å²) in [6.07, 6.45) is 3.49. The van der Waals surface area contributed by atoms with Crippen molar-refractivity contribution < 1.29 is 22.4 Å². The van der Waals surface area contributed by atoms with Gasteiger partial charge in [-0.25, -0.2) is 8.42 Å². The van der Waals surface area contributed by atoms with Crippen LogP contribution in [0.1, 0.15) is 26.0 Å². The summed E-state index contributed by atoms with van der Waals surface area (Å²) in [7, 11) is -3.11. The fraction of sp³-hybridized carbons (Fsp3) is 0.471. The molecule has 10 heteroatoms. The van der Waals surface area contributed by atoms with Crippen LogP contribution in [0, 0.1) is 5.92 Å². The molecule has 1 N–H and O–H groups in total. The second-order valence-corrected chi connectivity index (χ2v) is 10.8. The van der Waals surface area contributed by atoms with Crippen LogP contribution in [0.25, 0.3) is 6.08 Å². The van der Waals surface area contributed by atoms with Gasteiger partial charge in [-0.15, -0.1) is 0 Å². The number of furan rings is 1. The van der Waals surface area contributed by atoms with E-state index in [0.29, 0.717) is 21.4 Å². The van der Waals surface area contributed by atoms with Crippen LogP contribution >= 0.6 is 24.0 Å². The molecular formula is C17H20N2O5S3. The highest BCUT2D eigenvalue weighted by Gasteiger charge is 2.43. The molecule has 0 saturated carbocycles. The molecule has 0 radical (unpaired) electrons. The number of rotatable bonds is 5. The molecule has 2 aliphatic heterocycles. The zero-order valence-electron chi connectivity index (χ0n) is 14.9. The summed E-state index contributed by atoms with van der Waals surface area (Å²) in [6.45, 7) is 3.65. The molecule has 2 fully saturated rings. The van der Waals surface area contributed by atoms with Crippen LogP contribution in [0.15, 0.2) is 27.7 Å². The van der Waals surface area contributed by atoms with E-state index >= 15 is 0 Å². The van der Waals surface area contributed by atoms with Gasteiger partial charge in [0.2, 0.25) is 5.91 Å². The molecule has 0 aromatic carbocycles. The Morgan fingerprint density at radius 3 is 2.78 bits per heavy atom. The Hall–Kier alpha value is -1.65. The molecule has 7 nitrogen and oxygen atoms in total. The second kappa shape index (κ2) is 7.76. The Kier molecular flexibility index (Phi) is 5.78. The third-order valence-corrected chi connectivity index (χ3v) is 7.50. The molecule has 2 atom stereocenters. The summed E-state index contributed by atoms with van der Waals surface area (Å²) in [4.78, 5) is 27.4. The first-order valence-electron chi connectivity index (χ1n) is 8.49. The number of hydrogen-bond acceptors (Lipinski definition) is 7. The van der Waals surface area contributed by atoms with Gasteiger partial charge in [-0.1, -0.05) is 37.8 Å². The first kappa shape index (κ1) is 20.1. The molecule has 1 aromatic rings. The van der Waals surface area contributed by atoms with Crippen molar-refractivity contribution in [3.63, 3.8) is 0 Å². The molecule has 2 aliphatic rings. The van der Waals surface area contributed by atoms with E-state index < -0.39 is 21.9 Å². The number of nitrogens with one attached hydrogen (secondary N) is 1. The van der Waals surface area contributed by atoms with E-state index in [1.165, 1.54) is 11.2 Å². The molecule has 2 saturated heterocycles. The smallest absolute Gasteiger partial charge is 0.267 e. The number of hydrogen-bond donors (Lipinski definition) is 1. The van der Waals surface area contributed by atoms with Crippen LogP contribution in [0.5, 0.6) is 0 Å². The van der Waals surface area contributed by atoms with Gasteiger partial charge in [0.25, 0.3) is 5.91 Å². The molecule has 0 bridgehead atoms. The SMILES string of the molecule is CC(C)[C@H](C(=O)N[C@@H]1CCS(=O)(=O)C1)N1C(=O)/C(=C/c2ccco2)SC1=S. The highest BCUT2D eigenvalue weighted by molar-refractivity contribution is 8.26. The predicted molar refractivity (Wildman–Crippen MR) is 108 cm³/mol. The number of amides is 2. The van der Waals surface area contributed by atoms with Crippen molar-refractivity contribution >= 4 is 56.0 Å². The van der Waals surface area contributed by atoms with Crippen molar-refractivity contribution in [1.82, 2.24) is 10.2 Å². The molecule has 3 rings (SSSR count). The number of thioether (sulfide) groups is 1. The fourth-order valence-corrected chi connectivity index (χ4v) is 6.12. The minimum atomic E-state index is -3.11. The molecule has 0 unspecified atom stereocenters. The summed E-state index contributed by atoms with van der Waals surface area (Å²) in [5.41, 5.74) is 0. The minimum Gasteiger partial charge on any atom is -0.465 e. The molecule has 0 spiro atoms. The average Bonchev–Trinajstić information content (AvgIpc) is 3.25. The van der Waals surface area contributed by atoms with E-state index in [1.807, 2.05) is 13.8 Å². The van der Waals surface area contributed by atoms with Crippen molar-refractivity contribution in [1.29, 1.82) is 0 Å². The average molecular weight is 429 g/mol. The highest BCUT2D eigenvalue weighted by Crippen LogP contribution is 2.35. The third-order valence-electron chi connectivity index (χ3n) is 4.40. The summed E-state index contributed by atoms with van der Waals surface area (Å²) >= 11 is 6.46. The number of thiocarbonyl (C=S) groups is 1. The number of sulfone groups is 1. The van der Waals surface area contributed by atoms with Gasteiger partial charge in [-0.3, -0.25) is 14.5 Å². The first-order valence-corrected chi connectivity index (χ1v) is 11.5. The largest absolute Gasteiger partial charge is 0.465 e. The van der Waals surface area contributed by atoms with Crippen LogP contribution in [0.2, 0.25) is 0 Å². The molecule has 146 valence electrons. The Morgan fingerprint density at radius 1 is 1.48 bits per heavy atom. The first-order chi connectivity index (χ1) is 12.7. The van der Waals surface area contributed by atoms with E-state index in [2.05, 4.69) is 5.32 Å². The maximum Gasteiger partial charge on any atom is 0.267 e. The summed E-state index contributed by atoms with van der Waals surface area (Å²) in [6, 6.07) is 2.20. The zero-order chi connectivity index (χ0) is 19.8. The van der Waals surface area contributed by atoms with Crippen molar-refractivity contribution in [3.8, 4) is 0 Å². The highest BCUT2D eigenvalue weighted by atomic mass is 32.2. The topological polar surface area (TPSA) is 96.7 Å². The van der Waals surface area contributed by atoms with Gasteiger partial charge in [0, 0.05) is 12.1 Å². The lowest BCUT2D eigenvalue weighted by molar-refractivity contribution is -0.134. The van der Waals surface area contributed by atoms with E-state index in [0.717, 1.165) is 11.8 Å². The van der Waals surface area contributed by atoms with Crippen molar-refractivity contribution in [2.45, 2.75) is 32.4 Å². The van der Waals surface area contributed by atoms with Crippen LogP contribution in [-0.4, -0.2) is 53.0 Å². The monoisotopic (exact) mass is 428 g/mol. The van der Waals surface area contributed by atoms with E-state index in [1.54, 1.807) is 18.2 Å². The van der Waals surface area contributed by atoms with Crippen LogP contribution in [0.3, 0.4) is 0 Å². The summed E-state index contributed by atoms with van der Waals surface area (Å²) < 4.78 is 28.8. The van der Waals surface area contributed by atoms with Gasteiger partial charge in [0.1, 0.15) is 16.1 Å². The second-order valence-electron chi connectivity index (χ2n) is 6.86. The quantitative estimate of drug-likeness (QED) is 0.564. The summed E-state index contributed by atoms with van der Waals surface area (Å²) in [5, 5.41) is 2.78. The van der Waals surface area contributed by atoms with Gasteiger partial charge < -0.3 is 9.73 Å². The molecule has 2 amide bonds. The lowest BCUT2D eigenvalue weighted by Gasteiger charge is -2.29. The Balaban J connectivity index is 1.79. The molecule has 27 heavy (non-hydrogen) atoms. The van der Waals surface area contributed by atoms with Crippen molar-refractivity contribution in [2.75, 3.05) is 11.5 Å². The van der Waals surface area contributed by atoms with E-state index in [9.17, 15) is 18.0 Å². The lowest BCUT2D eigenvalue weighted by atomic mass is 10.0. The van der Waals surface area contributed by atoms with Gasteiger partial charge >= 0.3 is 0 Å².